The summed E-state index contributed by atoms with van der Waals surface area (Å²) in [5.41, 5.74) is 0.195. The number of hydrogen-bond acceptors (Lipinski definition) is 7. The molecule has 122 valence electrons. The Hall–Kier alpha value is -3.13. The van der Waals surface area contributed by atoms with Gasteiger partial charge in [-0.2, -0.15) is 0 Å². The van der Waals surface area contributed by atoms with Crippen molar-refractivity contribution in [2.24, 2.45) is 0 Å². The summed E-state index contributed by atoms with van der Waals surface area (Å²) in [6.45, 7) is -0.143. The van der Waals surface area contributed by atoms with Gasteiger partial charge in [-0.1, -0.05) is 16.8 Å². The predicted molar refractivity (Wildman–Crippen MR) is 81.4 cm³/mol. The van der Waals surface area contributed by atoms with Gasteiger partial charge < -0.3 is 13.7 Å². The molecule has 0 saturated heterocycles. The monoisotopic (exact) mass is 348 g/mol. The molecule has 0 atom stereocenters. The third-order valence-corrected chi connectivity index (χ3v) is 3.37. The lowest BCUT2D eigenvalue weighted by molar-refractivity contribution is -0.384. The van der Waals surface area contributed by atoms with Gasteiger partial charge in [0.15, 0.2) is 5.76 Å². The Morgan fingerprint density at radius 2 is 2.12 bits per heavy atom. The van der Waals surface area contributed by atoms with Crippen LogP contribution in [0.15, 0.2) is 51.6 Å². The molecule has 0 fully saturated rings. The molecule has 2 heterocycles. The quantitative estimate of drug-likeness (QED) is 0.391. The van der Waals surface area contributed by atoms with Crippen molar-refractivity contribution in [2.45, 2.75) is 6.61 Å². The first kappa shape index (κ1) is 15.8. The van der Waals surface area contributed by atoms with Gasteiger partial charge in [0, 0.05) is 18.2 Å². The van der Waals surface area contributed by atoms with Crippen LogP contribution >= 0.6 is 11.6 Å². The van der Waals surface area contributed by atoms with Gasteiger partial charge in [0.2, 0.25) is 5.76 Å². The molecule has 0 aliphatic rings. The molecule has 1 aromatic carbocycles. The standard InChI is InChI=1S/C15H9ClN2O6/c16-12-7-10(18(20)21)3-4-11(12)15(19)23-8-9-6-14(24-17-9)13-2-1-5-22-13/h1-7H,8H2. The normalized spacial score (nSPS) is 10.5. The molecule has 3 aromatic rings. The van der Waals surface area contributed by atoms with Crippen molar-refractivity contribution in [1.29, 1.82) is 0 Å². The molecule has 0 radical (unpaired) electrons. The number of rotatable bonds is 5. The van der Waals surface area contributed by atoms with E-state index in [9.17, 15) is 14.9 Å². The lowest BCUT2D eigenvalue weighted by atomic mass is 10.2. The number of esters is 1. The van der Waals surface area contributed by atoms with Crippen LogP contribution in [0.4, 0.5) is 5.69 Å². The summed E-state index contributed by atoms with van der Waals surface area (Å²) >= 11 is 5.87. The molecule has 0 saturated carbocycles. The molecule has 24 heavy (non-hydrogen) atoms. The van der Waals surface area contributed by atoms with E-state index in [1.54, 1.807) is 18.2 Å². The minimum absolute atomic E-state index is 0.0250. The van der Waals surface area contributed by atoms with Crippen molar-refractivity contribution in [2.75, 3.05) is 0 Å². The Kier molecular flexibility index (Phi) is 4.30. The molecule has 2 aromatic heterocycles. The van der Waals surface area contributed by atoms with Crippen molar-refractivity contribution < 1.29 is 23.4 Å². The summed E-state index contributed by atoms with van der Waals surface area (Å²) in [6, 6.07) is 8.47. The number of ether oxygens (including phenoxy) is 1. The fourth-order valence-corrected chi connectivity index (χ4v) is 2.17. The van der Waals surface area contributed by atoms with Crippen LogP contribution in [0.2, 0.25) is 5.02 Å². The lowest BCUT2D eigenvalue weighted by Crippen LogP contribution is -2.06. The van der Waals surface area contributed by atoms with Crippen LogP contribution in [-0.2, 0) is 11.3 Å². The summed E-state index contributed by atoms with van der Waals surface area (Å²) in [5, 5.41) is 14.3. The van der Waals surface area contributed by atoms with Crippen molar-refractivity contribution in [3.63, 3.8) is 0 Å². The Morgan fingerprint density at radius 1 is 1.29 bits per heavy atom. The summed E-state index contributed by atoms with van der Waals surface area (Å²) in [5.74, 6) is 0.176. The molecule has 0 aliphatic carbocycles. The van der Waals surface area contributed by atoms with Gasteiger partial charge in [-0.3, -0.25) is 10.1 Å². The van der Waals surface area contributed by atoms with Crippen LogP contribution in [0.1, 0.15) is 16.1 Å². The van der Waals surface area contributed by atoms with Crippen molar-refractivity contribution >= 4 is 23.3 Å². The van der Waals surface area contributed by atoms with Crippen LogP contribution in [0.5, 0.6) is 0 Å². The summed E-state index contributed by atoms with van der Waals surface area (Å²) in [6.07, 6.45) is 1.49. The number of carbonyl (C=O) groups excluding carboxylic acids is 1. The van der Waals surface area contributed by atoms with E-state index in [1.807, 2.05) is 0 Å². The first-order valence-electron chi connectivity index (χ1n) is 6.65. The zero-order chi connectivity index (χ0) is 17.1. The van der Waals surface area contributed by atoms with E-state index in [0.717, 1.165) is 6.07 Å². The zero-order valence-corrected chi connectivity index (χ0v) is 12.7. The Bertz CT molecular complexity index is 887. The Morgan fingerprint density at radius 3 is 2.79 bits per heavy atom. The van der Waals surface area contributed by atoms with E-state index in [1.165, 1.54) is 18.4 Å². The number of benzene rings is 1. The fourth-order valence-electron chi connectivity index (χ4n) is 1.92. The number of hydrogen-bond donors (Lipinski definition) is 0. The lowest BCUT2D eigenvalue weighted by Gasteiger charge is -2.04. The van der Waals surface area contributed by atoms with Crippen molar-refractivity contribution in [3.05, 3.63) is 69.1 Å². The molecular formula is C15H9ClN2O6. The van der Waals surface area contributed by atoms with Crippen LogP contribution in [-0.4, -0.2) is 16.0 Å². The third kappa shape index (κ3) is 3.28. The molecule has 0 N–H and O–H groups in total. The minimum Gasteiger partial charge on any atom is -0.461 e. The topological polar surface area (TPSA) is 109 Å². The maximum atomic E-state index is 12.0. The summed E-state index contributed by atoms with van der Waals surface area (Å²) < 4.78 is 15.3. The van der Waals surface area contributed by atoms with Gasteiger partial charge in [-0.05, 0) is 18.2 Å². The van der Waals surface area contributed by atoms with Gasteiger partial charge in [0.1, 0.15) is 12.3 Å². The number of nitro benzene ring substituents is 1. The molecular weight excluding hydrogens is 340 g/mol. The van der Waals surface area contributed by atoms with E-state index in [4.69, 9.17) is 25.3 Å². The van der Waals surface area contributed by atoms with Gasteiger partial charge >= 0.3 is 5.97 Å². The highest BCUT2D eigenvalue weighted by Gasteiger charge is 2.17. The SMILES string of the molecule is O=C(OCc1cc(-c2ccco2)on1)c1ccc([N+](=O)[O-])cc1Cl. The van der Waals surface area contributed by atoms with Crippen LogP contribution in [0, 0.1) is 10.1 Å². The second-order valence-corrected chi connectivity index (χ2v) is 5.06. The number of non-ortho nitro benzene ring substituents is 1. The van der Waals surface area contributed by atoms with Gasteiger partial charge in [0.25, 0.3) is 5.69 Å². The first-order valence-corrected chi connectivity index (χ1v) is 7.03. The van der Waals surface area contributed by atoms with Gasteiger partial charge in [0.05, 0.1) is 21.8 Å². The molecule has 8 nitrogen and oxygen atoms in total. The Labute approximate surface area is 139 Å². The van der Waals surface area contributed by atoms with E-state index < -0.39 is 10.9 Å². The van der Waals surface area contributed by atoms with E-state index in [0.29, 0.717) is 17.2 Å². The van der Waals surface area contributed by atoms with Crippen molar-refractivity contribution in [3.8, 4) is 11.5 Å². The first-order chi connectivity index (χ1) is 11.5. The predicted octanol–water partition coefficient (Wildman–Crippen LogP) is 3.85. The maximum absolute atomic E-state index is 12.0. The van der Waals surface area contributed by atoms with Crippen LogP contribution in [0.25, 0.3) is 11.5 Å². The number of nitrogens with zero attached hydrogens (tertiary/aromatic N) is 2. The van der Waals surface area contributed by atoms with Crippen LogP contribution < -0.4 is 0 Å². The Balaban J connectivity index is 1.66. The number of carbonyl (C=O) groups is 1. The molecule has 3 rings (SSSR count). The van der Waals surface area contributed by atoms with Gasteiger partial charge in [-0.15, -0.1) is 0 Å². The highest BCUT2D eigenvalue weighted by molar-refractivity contribution is 6.33. The molecule has 0 amide bonds. The van der Waals surface area contributed by atoms with E-state index in [-0.39, 0.29) is 22.9 Å². The minimum atomic E-state index is -0.725. The number of halogens is 1. The fraction of sp³-hybridized carbons (Fsp3) is 0.0667. The van der Waals surface area contributed by atoms with Gasteiger partial charge in [-0.25, -0.2) is 4.79 Å². The molecule has 0 aliphatic heterocycles. The number of nitro groups is 1. The van der Waals surface area contributed by atoms with Crippen molar-refractivity contribution in [1.82, 2.24) is 5.16 Å². The average molecular weight is 349 g/mol. The highest BCUT2D eigenvalue weighted by atomic mass is 35.5. The summed E-state index contributed by atoms with van der Waals surface area (Å²) in [4.78, 5) is 22.0. The third-order valence-electron chi connectivity index (χ3n) is 3.06. The molecule has 0 unspecified atom stereocenters. The number of aromatic nitrogens is 1. The highest BCUT2D eigenvalue weighted by Crippen LogP contribution is 2.24. The largest absolute Gasteiger partial charge is 0.461 e. The smallest absolute Gasteiger partial charge is 0.340 e. The number of furan rings is 1. The molecule has 9 heteroatoms. The maximum Gasteiger partial charge on any atom is 0.340 e. The molecule has 0 spiro atoms. The van der Waals surface area contributed by atoms with E-state index >= 15 is 0 Å². The molecule has 0 bridgehead atoms. The zero-order valence-electron chi connectivity index (χ0n) is 12.0. The second-order valence-electron chi connectivity index (χ2n) is 4.66. The summed E-state index contributed by atoms with van der Waals surface area (Å²) in [7, 11) is 0. The van der Waals surface area contributed by atoms with E-state index in [2.05, 4.69) is 5.16 Å². The second kappa shape index (κ2) is 6.55. The average Bonchev–Trinajstić information content (AvgIpc) is 3.23. The van der Waals surface area contributed by atoms with Crippen LogP contribution in [0.3, 0.4) is 0 Å².